The van der Waals surface area contributed by atoms with Crippen molar-refractivity contribution in [3.8, 4) is 5.69 Å². The lowest BCUT2D eigenvalue weighted by Gasteiger charge is -2.03. The van der Waals surface area contributed by atoms with Crippen molar-refractivity contribution in [2.24, 2.45) is 0 Å². The van der Waals surface area contributed by atoms with Crippen molar-refractivity contribution < 1.29 is 0 Å². The first-order valence-electron chi connectivity index (χ1n) is 4.84. The van der Waals surface area contributed by atoms with Gasteiger partial charge in [-0.3, -0.25) is 4.98 Å². The molecule has 71 valence electrons. The van der Waals surface area contributed by atoms with Crippen LogP contribution in [0.25, 0.3) is 16.6 Å². The molecular formula is C13H9N2. The van der Waals surface area contributed by atoms with Gasteiger partial charge in [-0.25, -0.2) is 0 Å². The molecule has 0 bridgehead atoms. The van der Waals surface area contributed by atoms with E-state index in [9.17, 15) is 0 Å². The molecule has 2 heteroatoms. The van der Waals surface area contributed by atoms with Gasteiger partial charge in [0, 0.05) is 23.5 Å². The lowest BCUT2D eigenvalue weighted by Crippen LogP contribution is -1.91. The summed E-state index contributed by atoms with van der Waals surface area (Å²) >= 11 is 0. The normalized spacial score (nSPS) is 10.7. The minimum atomic E-state index is 1.09. The molecule has 0 aliphatic heterocycles. The fraction of sp³-hybridized carbons (Fsp3) is 0. The average Bonchev–Trinajstić information content (AvgIpc) is 2.74. The van der Waals surface area contributed by atoms with Crippen LogP contribution in [0.3, 0.4) is 0 Å². The van der Waals surface area contributed by atoms with Gasteiger partial charge in [-0.2, -0.15) is 0 Å². The summed E-state index contributed by atoms with van der Waals surface area (Å²) in [6, 6.07) is 14.2. The standard InChI is InChI=1S/C13H9N2/c1-2-4-13-11(3-1)7-10-15(13)12-5-8-14-9-6-12/h1-9H. The van der Waals surface area contributed by atoms with Crippen LogP contribution in [0.15, 0.2) is 54.9 Å². The van der Waals surface area contributed by atoms with Gasteiger partial charge in [0.05, 0.1) is 11.7 Å². The highest BCUT2D eigenvalue weighted by Gasteiger charge is 2.01. The Balaban J connectivity index is 2.28. The minimum absolute atomic E-state index is 1.09. The summed E-state index contributed by atoms with van der Waals surface area (Å²) in [5, 5.41) is 1.20. The molecule has 15 heavy (non-hydrogen) atoms. The van der Waals surface area contributed by atoms with Crippen LogP contribution >= 0.6 is 0 Å². The summed E-state index contributed by atoms with van der Waals surface area (Å²) in [5.74, 6) is 0. The molecule has 3 aromatic rings. The maximum atomic E-state index is 4.01. The molecular weight excluding hydrogens is 184 g/mol. The van der Waals surface area contributed by atoms with E-state index in [-0.39, 0.29) is 0 Å². The monoisotopic (exact) mass is 193 g/mol. The Morgan fingerprint density at radius 3 is 2.67 bits per heavy atom. The van der Waals surface area contributed by atoms with E-state index in [4.69, 9.17) is 0 Å². The number of fused-ring (bicyclic) bond motifs is 1. The van der Waals surface area contributed by atoms with Crippen LogP contribution < -0.4 is 0 Å². The number of rotatable bonds is 1. The third-order valence-electron chi connectivity index (χ3n) is 2.45. The number of pyridine rings is 1. The van der Waals surface area contributed by atoms with E-state index in [1.807, 2.05) is 34.9 Å². The largest absolute Gasteiger partial charge is 0.308 e. The SMILES string of the molecule is [c]1cc2ccccc2n1-c1ccncc1. The maximum Gasteiger partial charge on any atom is 0.0709 e. The molecule has 0 spiro atoms. The molecule has 2 nitrogen and oxygen atoms in total. The number of hydrogen-bond acceptors (Lipinski definition) is 1. The van der Waals surface area contributed by atoms with Gasteiger partial charge in [-0.05, 0) is 24.3 Å². The molecule has 2 aromatic heterocycles. The molecule has 0 amide bonds. The molecule has 0 fully saturated rings. The zero-order chi connectivity index (χ0) is 10.1. The Morgan fingerprint density at radius 2 is 1.80 bits per heavy atom. The first kappa shape index (κ1) is 8.24. The van der Waals surface area contributed by atoms with Crippen molar-refractivity contribution in [3.05, 3.63) is 61.1 Å². The smallest absolute Gasteiger partial charge is 0.0709 e. The Bertz CT molecular complexity index is 582. The van der Waals surface area contributed by atoms with Gasteiger partial charge in [0.25, 0.3) is 0 Å². The minimum Gasteiger partial charge on any atom is -0.308 e. The molecule has 0 aliphatic rings. The Morgan fingerprint density at radius 1 is 1.00 bits per heavy atom. The van der Waals surface area contributed by atoms with Gasteiger partial charge in [-0.15, -0.1) is 0 Å². The summed E-state index contributed by atoms with van der Waals surface area (Å²) in [6.07, 6.45) is 6.80. The van der Waals surface area contributed by atoms with Crippen LogP contribution in [-0.4, -0.2) is 9.55 Å². The van der Waals surface area contributed by atoms with E-state index in [0.29, 0.717) is 0 Å². The van der Waals surface area contributed by atoms with Crippen molar-refractivity contribution >= 4 is 10.9 Å². The van der Waals surface area contributed by atoms with Gasteiger partial charge < -0.3 is 4.57 Å². The third-order valence-corrected chi connectivity index (χ3v) is 2.45. The zero-order valence-electron chi connectivity index (χ0n) is 8.09. The second kappa shape index (κ2) is 3.24. The van der Waals surface area contributed by atoms with E-state index in [0.717, 1.165) is 5.69 Å². The first-order chi connectivity index (χ1) is 7.45. The van der Waals surface area contributed by atoms with Crippen LogP contribution in [0.2, 0.25) is 0 Å². The first-order valence-corrected chi connectivity index (χ1v) is 4.84. The molecule has 0 saturated carbocycles. The fourth-order valence-electron chi connectivity index (χ4n) is 1.72. The second-order valence-electron chi connectivity index (χ2n) is 3.37. The van der Waals surface area contributed by atoms with Crippen LogP contribution in [0, 0.1) is 6.20 Å². The Labute approximate surface area is 87.8 Å². The second-order valence-corrected chi connectivity index (χ2v) is 3.37. The maximum absolute atomic E-state index is 4.01. The van der Waals surface area contributed by atoms with Crippen molar-refractivity contribution in [1.82, 2.24) is 9.55 Å². The molecule has 0 saturated heterocycles. The number of nitrogens with zero attached hydrogens (tertiary/aromatic N) is 2. The molecule has 0 atom stereocenters. The van der Waals surface area contributed by atoms with Gasteiger partial charge in [-0.1, -0.05) is 18.2 Å². The summed E-state index contributed by atoms with van der Waals surface area (Å²) in [6.45, 7) is 0. The molecule has 2 heterocycles. The number of aromatic nitrogens is 2. The quantitative estimate of drug-likeness (QED) is 0.581. The highest BCUT2D eigenvalue weighted by Crippen LogP contribution is 2.18. The van der Waals surface area contributed by atoms with Gasteiger partial charge in [0.2, 0.25) is 0 Å². The van der Waals surface area contributed by atoms with Gasteiger partial charge in [0.15, 0.2) is 0 Å². The predicted molar refractivity (Wildman–Crippen MR) is 59.9 cm³/mol. The average molecular weight is 193 g/mol. The molecule has 0 unspecified atom stereocenters. The summed E-state index contributed by atoms with van der Waals surface area (Å²) in [7, 11) is 0. The molecule has 1 aromatic carbocycles. The van der Waals surface area contributed by atoms with Gasteiger partial charge in [0.1, 0.15) is 0 Å². The third kappa shape index (κ3) is 1.31. The zero-order valence-corrected chi connectivity index (χ0v) is 8.09. The summed E-state index contributed by atoms with van der Waals surface area (Å²) in [5.41, 5.74) is 2.26. The number of para-hydroxylation sites is 1. The van der Waals surface area contributed by atoms with Crippen molar-refractivity contribution in [2.75, 3.05) is 0 Å². The molecule has 1 radical (unpaired) electrons. The highest BCUT2D eigenvalue weighted by atomic mass is 15.0. The molecule has 0 N–H and O–H groups in total. The van der Waals surface area contributed by atoms with Crippen LogP contribution in [0.4, 0.5) is 0 Å². The summed E-state index contributed by atoms with van der Waals surface area (Å²) in [4.78, 5) is 4.01. The lowest BCUT2D eigenvalue weighted by molar-refractivity contribution is 1.10. The van der Waals surface area contributed by atoms with Crippen LogP contribution in [-0.2, 0) is 0 Å². The van der Waals surface area contributed by atoms with Gasteiger partial charge >= 0.3 is 0 Å². The van der Waals surface area contributed by atoms with E-state index in [2.05, 4.69) is 23.3 Å². The van der Waals surface area contributed by atoms with E-state index in [1.54, 1.807) is 12.4 Å². The molecule has 3 rings (SSSR count). The summed E-state index contributed by atoms with van der Waals surface area (Å²) < 4.78 is 2.04. The van der Waals surface area contributed by atoms with E-state index >= 15 is 0 Å². The fourth-order valence-corrected chi connectivity index (χ4v) is 1.72. The van der Waals surface area contributed by atoms with E-state index < -0.39 is 0 Å². The van der Waals surface area contributed by atoms with Crippen molar-refractivity contribution in [2.45, 2.75) is 0 Å². The predicted octanol–water partition coefficient (Wildman–Crippen LogP) is 2.83. The van der Waals surface area contributed by atoms with Crippen molar-refractivity contribution in [3.63, 3.8) is 0 Å². The Kier molecular flexibility index (Phi) is 1.78. The highest BCUT2D eigenvalue weighted by molar-refractivity contribution is 5.81. The topological polar surface area (TPSA) is 17.8 Å². The van der Waals surface area contributed by atoms with Crippen LogP contribution in [0.5, 0.6) is 0 Å². The lowest BCUT2D eigenvalue weighted by atomic mass is 10.2. The Hall–Kier alpha value is -2.09. The number of hydrogen-bond donors (Lipinski definition) is 0. The molecule has 0 aliphatic carbocycles. The number of benzene rings is 1. The van der Waals surface area contributed by atoms with Crippen LogP contribution in [0.1, 0.15) is 0 Å². The van der Waals surface area contributed by atoms with Crippen molar-refractivity contribution in [1.29, 1.82) is 0 Å². The van der Waals surface area contributed by atoms with E-state index in [1.165, 1.54) is 10.9 Å².